The summed E-state index contributed by atoms with van der Waals surface area (Å²) in [5, 5.41) is 2.67. The second-order valence-electron chi connectivity index (χ2n) is 5.08. The van der Waals surface area contributed by atoms with E-state index < -0.39 is 14.9 Å². The number of carbonyl (C=O) groups excluding carboxylic acids is 1. The fourth-order valence-corrected chi connectivity index (χ4v) is 4.68. The zero-order valence-electron chi connectivity index (χ0n) is 16.5. The van der Waals surface area contributed by atoms with Gasteiger partial charge in [-0.15, -0.1) is 0 Å². The van der Waals surface area contributed by atoms with E-state index in [0.717, 1.165) is 0 Å². The lowest BCUT2D eigenvalue weighted by atomic mass is 10.5. The Morgan fingerprint density at radius 3 is 2.04 bits per heavy atom. The number of nitrogens with one attached hydrogen (secondary N) is 1. The van der Waals surface area contributed by atoms with Crippen molar-refractivity contribution in [2.45, 2.75) is 33.2 Å². The molecule has 0 aromatic heterocycles. The summed E-state index contributed by atoms with van der Waals surface area (Å²) < 4.78 is 37.4. The third-order valence-corrected chi connectivity index (χ3v) is 6.25. The maximum Gasteiger partial charge on any atom is 0.500 e. The Labute approximate surface area is 157 Å². The van der Waals surface area contributed by atoms with Gasteiger partial charge in [0.05, 0.1) is 26.4 Å². The summed E-state index contributed by atoms with van der Waals surface area (Å²) >= 11 is 0. The maximum atomic E-state index is 11.6. The molecule has 0 rings (SSSR count). The largest absolute Gasteiger partial charge is 0.500 e. The quantitative estimate of drug-likeness (QED) is 0.213. The summed E-state index contributed by atoms with van der Waals surface area (Å²) in [7, 11) is -1.05. The third kappa shape index (κ3) is 13.5. The lowest BCUT2D eigenvalue weighted by Gasteiger charge is -2.28. The van der Waals surface area contributed by atoms with E-state index in [2.05, 4.69) is 5.32 Å². The van der Waals surface area contributed by atoms with E-state index in [-0.39, 0.29) is 6.79 Å². The Morgan fingerprint density at radius 1 is 0.885 bits per heavy atom. The Kier molecular flexibility index (Phi) is 17.1. The van der Waals surface area contributed by atoms with Gasteiger partial charge in [-0.05, 0) is 27.2 Å². The highest BCUT2D eigenvalue weighted by Gasteiger charge is 2.39. The van der Waals surface area contributed by atoms with Crippen molar-refractivity contribution in [3.63, 3.8) is 0 Å². The summed E-state index contributed by atoms with van der Waals surface area (Å²) in [5.41, 5.74) is 0. The first-order valence-corrected chi connectivity index (χ1v) is 11.0. The van der Waals surface area contributed by atoms with Crippen LogP contribution in [0.4, 0.5) is 4.79 Å². The molecule has 9 nitrogen and oxygen atoms in total. The van der Waals surface area contributed by atoms with Crippen LogP contribution in [-0.2, 0) is 32.2 Å². The molecule has 26 heavy (non-hydrogen) atoms. The molecule has 0 aromatic rings. The van der Waals surface area contributed by atoms with E-state index >= 15 is 0 Å². The van der Waals surface area contributed by atoms with Gasteiger partial charge in [0.1, 0.15) is 0 Å². The summed E-state index contributed by atoms with van der Waals surface area (Å²) in [6.07, 6.45) is 0.150. The molecular weight excluding hydrogens is 362 g/mol. The molecule has 0 spiro atoms. The minimum absolute atomic E-state index is 0.116. The van der Waals surface area contributed by atoms with Crippen LogP contribution >= 0.6 is 0 Å². The highest BCUT2D eigenvalue weighted by molar-refractivity contribution is 6.60. The molecular formula is C16H35NO8Si. The number of ether oxygens (including phenoxy) is 4. The van der Waals surface area contributed by atoms with E-state index in [4.69, 9.17) is 32.2 Å². The number of rotatable bonds is 18. The Morgan fingerprint density at radius 2 is 1.46 bits per heavy atom. The highest BCUT2D eigenvalue weighted by atomic mass is 28.4. The lowest BCUT2D eigenvalue weighted by Crippen LogP contribution is -2.46. The van der Waals surface area contributed by atoms with Crippen LogP contribution in [0, 0.1) is 0 Å². The predicted molar refractivity (Wildman–Crippen MR) is 98.1 cm³/mol. The van der Waals surface area contributed by atoms with Crippen LogP contribution < -0.4 is 5.32 Å². The van der Waals surface area contributed by atoms with E-state index in [1.54, 1.807) is 7.11 Å². The summed E-state index contributed by atoms with van der Waals surface area (Å²) in [6.45, 7) is 9.51. The average Bonchev–Trinajstić information content (AvgIpc) is 2.62. The van der Waals surface area contributed by atoms with Crippen molar-refractivity contribution < 1.29 is 37.0 Å². The van der Waals surface area contributed by atoms with Gasteiger partial charge in [0.15, 0.2) is 6.79 Å². The van der Waals surface area contributed by atoms with Crippen molar-refractivity contribution in [1.82, 2.24) is 5.32 Å². The van der Waals surface area contributed by atoms with Crippen molar-refractivity contribution in [3.05, 3.63) is 0 Å². The van der Waals surface area contributed by atoms with Crippen LogP contribution in [-0.4, -0.2) is 81.6 Å². The number of alkyl carbamates (subject to hydrolysis) is 1. The number of carbonyl (C=O) groups is 1. The van der Waals surface area contributed by atoms with Gasteiger partial charge < -0.3 is 37.5 Å². The monoisotopic (exact) mass is 397 g/mol. The van der Waals surface area contributed by atoms with Crippen LogP contribution in [0.3, 0.4) is 0 Å². The van der Waals surface area contributed by atoms with Gasteiger partial charge in [-0.1, -0.05) is 0 Å². The topological polar surface area (TPSA) is 93.7 Å². The van der Waals surface area contributed by atoms with Gasteiger partial charge in [-0.25, -0.2) is 4.79 Å². The fourth-order valence-electron chi connectivity index (χ4n) is 2.06. The predicted octanol–water partition coefficient (Wildman–Crippen LogP) is 1.79. The van der Waals surface area contributed by atoms with Crippen molar-refractivity contribution in [2.24, 2.45) is 0 Å². The van der Waals surface area contributed by atoms with Crippen molar-refractivity contribution in [1.29, 1.82) is 0 Å². The van der Waals surface area contributed by atoms with Gasteiger partial charge in [0.2, 0.25) is 0 Å². The van der Waals surface area contributed by atoms with E-state index in [1.807, 2.05) is 20.8 Å². The minimum atomic E-state index is -2.66. The molecule has 0 bridgehead atoms. The molecule has 0 aliphatic carbocycles. The second-order valence-corrected chi connectivity index (χ2v) is 7.81. The Balaban J connectivity index is 3.78. The van der Waals surface area contributed by atoms with E-state index in [1.165, 1.54) is 0 Å². The summed E-state index contributed by atoms with van der Waals surface area (Å²) in [4.78, 5) is 11.6. The van der Waals surface area contributed by atoms with Gasteiger partial charge in [-0.3, -0.25) is 0 Å². The first-order chi connectivity index (χ1) is 12.6. The maximum absolute atomic E-state index is 11.6. The number of amides is 1. The Bertz CT molecular complexity index is 318. The van der Waals surface area contributed by atoms with Crippen LogP contribution in [0.25, 0.3) is 0 Å². The molecule has 0 heterocycles. The van der Waals surface area contributed by atoms with E-state index in [9.17, 15) is 4.79 Å². The molecule has 0 unspecified atom stereocenters. The molecule has 0 aliphatic rings. The smallest absolute Gasteiger partial charge is 0.422 e. The SMILES string of the molecule is CCO[Si](CCCNC(=O)OCOCCOCCOC)(OCC)OCC. The summed E-state index contributed by atoms with van der Waals surface area (Å²) in [6, 6.07) is 0.637. The van der Waals surface area contributed by atoms with Crippen LogP contribution in [0.5, 0.6) is 0 Å². The molecule has 10 heteroatoms. The van der Waals surface area contributed by atoms with E-state index in [0.29, 0.717) is 65.3 Å². The minimum Gasteiger partial charge on any atom is -0.422 e. The molecule has 1 amide bonds. The molecule has 0 aliphatic heterocycles. The van der Waals surface area contributed by atoms with Crippen molar-refractivity contribution in [2.75, 3.05) is 66.7 Å². The van der Waals surface area contributed by atoms with Gasteiger partial charge in [0.25, 0.3) is 0 Å². The molecule has 0 aromatic carbocycles. The van der Waals surface area contributed by atoms with Crippen molar-refractivity contribution >= 4 is 14.9 Å². The fraction of sp³-hybridized carbons (Fsp3) is 0.938. The highest BCUT2D eigenvalue weighted by Crippen LogP contribution is 2.17. The average molecular weight is 398 g/mol. The zero-order chi connectivity index (χ0) is 19.5. The van der Waals surface area contributed by atoms with Gasteiger partial charge in [0, 0.05) is 39.5 Å². The second kappa shape index (κ2) is 17.7. The molecule has 0 saturated carbocycles. The Hall–Kier alpha value is -0.753. The van der Waals surface area contributed by atoms with Crippen LogP contribution in [0.2, 0.25) is 6.04 Å². The molecule has 0 saturated heterocycles. The van der Waals surface area contributed by atoms with Gasteiger partial charge in [-0.2, -0.15) is 0 Å². The zero-order valence-corrected chi connectivity index (χ0v) is 17.5. The van der Waals surface area contributed by atoms with Gasteiger partial charge >= 0.3 is 14.9 Å². The standard InChI is InChI=1S/C16H35NO8Si/c1-5-23-26(24-6-2,25-7-3)14-8-9-17-16(18)22-15-21-13-12-20-11-10-19-4/h5-15H2,1-4H3,(H,17,18). The number of hydrogen-bond donors (Lipinski definition) is 1. The molecule has 156 valence electrons. The molecule has 0 fully saturated rings. The van der Waals surface area contributed by atoms with Crippen LogP contribution in [0.1, 0.15) is 27.2 Å². The molecule has 0 atom stereocenters. The summed E-state index contributed by atoms with van der Waals surface area (Å²) in [5.74, 6) is 0. The third-order valence-electron chi connectivity index (χ3n) is 3.10. The first-order valence-electron chi connectivity index (χ1n) is 9.11. The first kappa shape index (κ1) is 25.2. The lowest BCUT2D eigenvalue weighted by molar-refractivity contribution is -0.0416. The number of methoxy groups -OCH3 is 1. The van der Waals surface area contributed by atoms with Crippen LogP contribution in [0.15, 0.2) is 0 Å². The molecule has 0 radical (unpaired) electrons. The number of hydrogen-bond acceptors (Lipinski definition) is 8. The molecule has 1 N–H and O–H groups in total. The van der Waals surface area contributed by atoms with Crippen molar-refractivity contribution in [3.8, 4) is 0 Å². The normalized spacial score (nSPS) is 11.5.